The van der Waals surface area contributed by atoms with Crippen molar-refractivity contribution in [3.8, 4) is 0 Å². The van der Waals surface area contributed by atoms with E-state index >= 15 is 0 Å². The highest BCUT2D eigenvalue weighted by Crippen LogP contribution is 2.43. The second-order valence-corrected chi connectivity index (χ2v) is 7.93. The highest BCUT2D eigenvalue weighted by Gasteiger charge is 2.33. The molecule has 0 heterocycles. The van der Waals surface area contributed by atoms with Gasteiger partial charge in [0, 0.05) is 0 Å². The summed E-state index contributed by atoms with van der Waals surface area (Å²) < 4.78 is 0. The minimum atomic E-state index is 0.566. The molecule has 0 saturated heterocycles. The van der Waals surface area contributed by atoms with Crippen molar-refractivity contribution in [1.29, 1.82) is 0 Å². The molecule has 20 heavy (non-hydrogen) atoms. The molecule has 0 aromatic rings. The molecule has 1 nitrogen and oxygen atoms in total. The van der Waals surface area contributed by atoms with E-state index in [9.17, 15) is 0 Å². The minimum Gasteiger partial charge on any atom is -0.330 e. The van der Waals surface area contributed by atoms with Crippen molar-refractivity contribution in [3.05, 3.63) is 0 Å². The van der Waals surface area contributed by atoms with Crippen LogP contribution >= 0.6 is 0 Å². The van der Waals surface area contributed by atoms with Gasteiger partial charge in [0.1, 0.15) is 0 Å². The third-order valence-electron chi connectivity index (χ3n) is 5.40. The monoisotopic (exact) mass is 281 g/mol. The Hall–Kier alpha value is -0.0400. The van der Waals surface area contributed by atoms with Crippen LogP contribution in [0.2, 0.25) is 0 Å². The van der Waals surface area contributed by atoms with E-state index in [0.29, 0.717) is 5.41 Å². The zero-order valence-electron chi connectivity index (χ0n) is 14.4. The standard InChI is InChI=1S/C19H39N/c1-4-5-6-7-8-9-10-11-12-17-15-19(2,3)14-13-18(17)16-20/h17-18H,4-16,20H2,1-3H3. The molecule has 2 unspecified atom stereocenters. The predicted molar refractivity (Wildman–Crippen MR) is 90.9 cm³/mol. The van der Waals surface area contributed by atoms with E-state index in [1.54, 1.807) is 0 Å². The third-order valence-corrected chi connectivity index (χ3v) is 5.40. The summed E-state index contributed by atoms with van der Waals surface area (Å²) in [5, 5.41) is 0. The number of unbranched alkanes of at least 4 members (excludes halogenated alkanes) is 7. The van der Waals surface area contributed by atoms with E-state index in [1.165, 1.54) is 77.0 Å². The normalized spacial score (nSPS) is 25.8. The number of hydrogen-bond acceptors (Lipinski definition) is 1. The maximum absolute atomic E-state index is 5.98. The Morgan fingerprint density at radius 1 is 0.900 bits per heavy atom. The Bertz CT molecular complexity index is 234. The number of rotatable bonds is 10. The van der Waals surface area contributed by atoms with Gasteiger partial charge in [-0.15, -0.1) is 0 Å². The summed E-state index contributed by atoms with van der Waals surface area (Å²) in [5.74, 6) is 1.72. The first-order valence-electron chi connectivity index (χ1n) is 9.29. The Kier molecular flexibility index (Phi) is 8.84. The van der Waals surface area contributed by atoms with Crippen LogP contribution in [0.25, 0.3) is 0 Å². The van der Waals surface area contributed by atoms with Crippen LogP contribution < -0.4 is 5.73 Å². The van der Waals surface area contributed by atoms with Crippen LogP contribution in [0.1, 0.15) is 97.8 Å². The van der Waals surface area contributed by atoms with E-state index in [0.717, 1.165) is 18.4 Å². The smallest absolute Gasteiger partial charge is 0.00462 e. The zero-order valence-corrected chi connectivity index (χ0v) is 14.4. The predicted octanol–water partition coefficient (Wildman–Crippen LogP) is 5.92. The van der Waals surface area contributed by atoms with Crippen LogP contribution in [0.4, 0.5) is 0 Å². The molecule has 1 aliphatic rings. The van der Waals surface area contributed by atoms with Crippen LogP contribution in [0.5, 0.6) is 0 Å². The molecular weight excluding hydrogens is 242 g/mol. The molecule has 0 spiro atoms. The summed E-state index contributed by atoms with van der Waals surface area (Å²) in [4.78, 5) is 0. The Morgan fingerprint density at radius 3 is 2.10 bits per heavy atom. The molecule has 1 rings (SSSR count). The molecule has 2 N–H and O–H groups in total. The zero-order chi connectivity index (χ0) is 14.8. The highest BCUT2D eigenvalue weighted by molar-refractivity contribution is 4.85. The Labute approximate surface area is 128 Å². The summed E-state index contributed by atoms with van der Waals surface area (Å²) in [6.45, 7) is 8.10. The molecule has 1 heteroatoms. The van der Waals surface area contributed by atoms with Crippen molar-refractivity contribution in [2.75, 3.05) is 6.54 Å². The van der Waals surface area contributed by atoms with Crippen LogP contribution in [0, 0.1) is 17.3 Å². The molecule has 0 amide bonds. The van der Waals surface area contributed by atoms with Crippen LogP contribution in [-0.4, -0.2) is 6.54 Å². The maximum Gasteiger partial charge on any atom is -0.00462 e. The fourth-order valence-electron chi connectivity index (χ4n) is 3.98. The molecule has 2 atom stereocenters. The molecule has 1 saturated carbocycles. The topological polar surface area (TPSA) is 26.0 Å². The van der Waals surface area contributed by atoms with Gasteiger partial charge in [0.05, 0.1) is 0 Å². The summed E-state index contributed by atoms with van der Waals surface area (Å²) in [7, 11) is 0. The molecule has 1 aliphatic carbocycles. The summed E-state index contributed by atoms with van der Waals surface area (Å²) in [6.07, 6.45) is 17.1. The second-order valence-electron chi connectivity index (χ2n) is 7.93. The minimum absolute atomic E-state index is 0.566. The quantitative estimate of drug-likeness (QED) is 0.494. The van der Waals surface area contributed by atoms with E-state index in [2.05, 4.69) is 20.8 Å². The van der Waals surface area contributed by atoms with Crippen molar-refractivity contribution in [3.63, 3.8) is 0 Å². The van der Waals surface area contributed by atoms with Gasteiger partial charge < -0.3 is 5.73 Å². The van der Waals surface area contributed by atoms with Gasteiger partial charge in [-0.05, 0) is 43.1 Å². The first-order chi connectivity index (χ1) is 9.59. The molecular formula is C19H39N. The van der Waals surface area contributed by atoms with Crippen LogP contribution in [0.3, 0.4) is 0 Å². The van der Waals surface area contributed by atoms with Gasteiger partial charge in [0.25, 0.3) is 0 Å². The van der Waals surface area contributed by atoms with Gasteiger partial charge in [0.15, 0.2) is 0 Å². The van der Waals surface area contributed by atoms with Crippen molar-refractivity contribution in [2.45, 2.75) is 97.8 Å². The third kappa shape index (κ3) is 7.11. The second kappa shape index (κ2) is 9.82. The largest absolute Gasteiger partial charge is 0.330 e. The van der Waals surface area contributed by atoms with E-state index in [1.807, 2.05) is 0 Å². The van der Waals surface area contributed by atoms with Gasteiger partial charge >= 0.3 is 0 Å². The molecule has 1 fully saturated rings. The number of hydrogen-bond donors (Lipinski definition) is 1. The average molecular weight is 282 g/mol. The first kappa shape index (κ1) is 18.0. The van der Waals surface area contributed by atoms with Crippen molar-refractivity contribution >= 4 is 0 Å². The van der Waals surface area contributed by atoms with Crippen LogP contribution in [-0.2, 0) is 0 Å². The first-order valence-corrected chi connectivity index (χ1v) is 9.29. The Balaban J connectivity index is 2.09. The lowest BCUT2D eigenvalue weighted by Crippen LogP contribution is -2.34. The molecule has 0 bridgehead atoms. The fourth-order valence-corrected chi connectivity index (χ4v) is 3.98. The van der Waals surface area contributed by atoms with Gasteiger partial charge in [-0.2, -0.15) is 0 Å². The molecule has 0 radical (unpaired) electrons. The summed E-state index contributed by atoms with van der Waals surface area (Å²) >= 11 is 0. The van der Waals surface area contributed by atoms with E-state index < -0.39 is 0 Å². The Morgan fingerprint density at radius 2 is 1.50 bits per heavy atom. The summed E-state index contributed by atoms with van der Waals surface area (Å²) in [6, 6.07) is 0. The van der Waals surface area contributed by atoms with Gasteiger partial charge in [-0.25, -0.2) is 0 Å². The molecule has 0 aromatic heterocycles. The van der Waals surface area contributed by atoms with Crippen molar-refractivity contribution < 1.29 is 0 Å². The number of nitrogens with two attached hydrogens (primary N) is 1. The lowest BCUT2D eigenvalue weighted by molar-refractivity contribution is 0.113. The van der Waals surface area contributed by atoms with Gasteiger partial charge in [-0.1, -0.05) is 78.6 Å². The fraction of sp³-hybridized carbons (Fsp3) is 1.00. The lowest BCUT2D eigenvalue weighted by Gasteiger charge is -2.40. The summed E-state index contributed by atoms with van der Waals surface area (Å²) in [5.41, 5.74) is 6.55. The van der Waals surface area contributed by atoms with Crippen molar-refractivity contribution in [1.82, 2.24) is 0 Å². The maximum atomic E-state index is 5.98. The molecule has 0 aliphatic heterocycles. The highest BCUT2D eigenvalue weighted by atomic mass is 14.6. The molecule has 0 aromatic carbocycles. The van der Waals surface area contributed by atoms with Crippen LogP contribution in [0.15, 0.2) is 0 Å². The van der Waals surface area contributed by atoms with E-state index in [4.69, 9.17) is 5.73 Å². The van der Waals surface area contributed by atoms with E-state index in [-0.39, 0.29) is 0 Å². The van der Waals surface area contributed by atoms with Crippen molar-refractivity contribution in [2.24, 2.45) is 23.0 Å². The molecule has 120 valence electrons. The lowest BCUT2D eigenvalue weighted by atomic mass is 9.66. The average Bonchev–Trinajstić information content (AvgIpc) is 2.41. The van der Waals surface area contributed by atoms with Gasteiger partial charge in [-0.3, -0.25) is 0 Å². The SMILES string of the molecule is CCCCCCCCCCC1CC(C)(C)CCC1CN. The van der Waals surface area contributed by atoms with Gasteiger partial charge in [0.2, 0.25) is 0 Å².